The van der Waals surface area contributed by atoms with Gasteiger partial charge in [-0.3, -0.25) is 4.79 Å². The summed E-state index contributed by atoms with van der Waals surface area (Å²) in [6.07, 6.45) is -0.0772. The SMILES string of the molecule is Cc1ccc(-n2nnc(C)c2CC(=O)O)c(C)c1. The third kappa shape index (κ3) is 2.25. The fourth-order valence-electron chi connectivity index (χ4n) is 1.96. The van der Waals surface area contributed by atoms with Crippen LogP contribution in [0.4, 0.5) is 0 Å². The molecule has 5 heteroatoms. The maximum atomic E-state index is 10.9. The Bertz CT molecular complexity index is 602. The number of hydrogen-bond acceptors (Lipinski definition) is 3. The quantitative estimate of drug-likeness (QED) is 0.895. The highest BCUT2D eigenvalue weighted by Crippen LogP contribution is 2.18. The largest absolute Gasteiger partial charge is 0.481 e. The van der Waals surface area contributed by atoms with Crippen LogP contribution >= 0.6 is 0 Å². The van der Waals surface area contributed by atoms with Crippen LogP contribution in [0.2, 0.25) is 0 Å². The number of aryl methyl sites for hydroxylation is 3. The predicted octanol–water partition coefficient (Wildman–Crippen LogP) is 1.82. The monoisotopic (exact) mass is 245 g/mol. The van der Waals surface area contributed by atoms with Crippen molar-refractivity contribution in [2.24, 2.45) is 0 Å². The van der Waals surface area contributed by atoms with Gasteiger partial charge in [0.25, 0.3) is 0 Å². The van der Waals surface area contributed by atoms with Gasteiger partial charge >= 0.3 is 5.97 Å². The third-order valence-corrected chi connectivity index (χ3v) is 2.86. The lowest BCUT2D eigenvalue weighted by molar-refractivity contribution is -0.136. The minimum Gasteiger partial charge on any atom is -0.481 e. The van der Waals surface area contributed by atoms with Crippen LogP contribution in [0, 0.1) is 20.8 Å². The van der Waals surface area contributed by atoms with Gasteiger partial charge in [-0.2, -0.15) is 0 Å². The van der Waals surface area contributed by atoms with Crippen molar-refractivity contribution in [2.75, 3.05) is 0 Å². The molecule has 1 heterocycles. The average Bonchev–Trinajstić information content (AvgIpc) is 2.60. The molecule has 0 radical (unpaired) electrons. The van der Waals surface area contributed by atoms with Gasteiger partial charge in [0.2, 0.25) is 0 Å². The first-order valence-corrected chi connectivity index (χ1v) is 5.69. The van der Waals surface area contributed by atoms with Crippen molar-refractivity contribution >= 4 is 5.97 Å². The molecule has 5 nitrogen and oxygen atoms in total. The molecule has 0 saturated carbocycles. The summed E-state index contributed by atoms with van der Waals surface area (Å²) >= 11 is 0. The van der Waals surface area contributed by atoms with Crippen LogP contribution in [-0.2, 0) is 11.2 Å². The smallest absolute Gasteiger partial charge is 0.309 e. The van der Waals surface area contributed by atoms with Crippen LogP contribution in [-0.4, -0.2) is 26.1 Å². The van der Waals surface area contributed by atoms with Gasteiger partial charge in [-0.15, -0.1) is 5.10 Å². The van der Waals surface area contributed by atoms with Gasteiger partial charge in [0.05, 0.1) is 23.5 Å². The first-order chi connectivity index (χ1) is 8.49. The molecule has 0 aliphatic rings. The third-order valence-electron chi connectivity index (χ3n) is 2.86. The molecule has 1 N–H and O–H groups in total. The van der Waals surface area contributed by atoms with Gasteiger partial charge in [0.1, 0.15) is 0 Å². The van der Waals surface area contributed by atoms with Crippen LogP contribution in [0.5, 0.6) is 0 Å². The molecule has 1 aromatic carbocycles. The standard InChI is InChI=1S/C13H15N3O2/c1-8-4-5-11(9(2)6-8)16-12(7-13(17)18)10(3)14-15-16/h4-6H,7H2,1-3H3,(H,17,18). The van der Waals surface area contributed by atoms with Crippen LogP contribution in [0.15, 0.2) is 18.2 Å². The number of carboxylic acid groups (broad SMARTS) is 1. The second-order valence-electron chi connectivity index (χ2n) is 4.39. The van der Waals surface area contributed by atoms with E-state index in [-0.39, 0.29) is 6.42 Å². The van der Waals surface area contributed by atoms with E-state index in [4.69, 9.17) is 5.11 Å². The second kappa shape index (κ2) is 4.60. The van der Waals surface area contributed by atoms with Crippen molar-refractivity contribution in [1.82, 2.24) is 15.0 Å². The fourth-order valence-corrected chi connectivity index (χ4v) is 1.96. The van der Waals surface area contributed by atoms with E-state index in [1.54, 1.807) is 11.6 Å². The summed E-state index contributed by atoms with van der Waals surface area (Å²) in [6.45, 7) is 5.76. The summed E-state index contributed by atoms with van der Waals surface area (Å²) in [6, 6.07) is 5.95. The fraction of sp³-hybridized carbons (Fsp3) is 0.308. The summed E-state index contributed by atoms with van der Waals surface area (Å²) in [5.74, 6) is -0.883. The molecule has 0 atom stereocenters. The summed E-state index contributed by atoms with van der Waals surface area (Å²) in [5, 5.41) is 16.9. The number of rotatable bonds is 3. The minimum atomic E-state index is -0.883. The average molecular weight is 245 g/mol. The first-order valence-electron chi connectivity index (χ1n) is 5.69. The van der Waals surface area contributed by atoms with Crippen molar-refractivity contribution in [2.45, 2.75) is 27.2 Å². The number of hydrogen-bond donors (Lipinski definition) is 1. The number of carboxylic acids is 1. The van der Waals surface area contributed by atoms with E-state index in [2.05, 4.69) is 10.3 Å². The van der Waals surface area contributed by atoms with E-state index >= 15 is 0 Å². The lowest BCUT2D eigenvalue weighted by atomic mass is 10.1. The maximum absolute atomic E-state index is 10.9. The van der Waals surface area contributed by atoms with Crippen LogP contribution in [0.25, 0.3) is 5.69 Å². The van der Waals surface area contributed by atoms with Crippen LogP contribution in [0.1, 0.15) is 22.5 Å². The molecular formula is C13H15N3O2. The first kappa shape index (κ1) is 12.3. The molecule has 18 heavy (non-hydrogen) atoms. The van der Waals surface area contributed by atoms with Gasteiger partial charge in [0.15, 0.2) is 0 Å². The second-order valence-corrected chi connectivity index (χ2v) is 4.39. The Morgan fingerprint density at radius 1 is 1.33 bits per heavy atom. The normalized spacial score (nSPS) is 10.6. The van der Waals surface area contributed by atoms with Crippen LogP contribution in [0.3, 0.4) is 0 Å². The van der Waals surface area contributed by atoms with Gasteiger partial charge in [-0.05, 0) is 32.4 Å². The molecular weight excluding hydrogens is 230 g/mol. The molecule has 2 rings (SSSR count). The number of carbonyl (C=O) groups is 1. The molecule has 0 spiro atoms. The van der Waals surface area contributed by atoms with E-state index < -0.39 is 5.97 Å². The lowest BCUT2D eigenvalue weighted by Crippen LogP contribution is -2.10. The van der Waals surface area contributed by atoms with Crippen molar-refractivity contribution in [3.8, 4) is 5.69 Å². The van der Waals surface area contributed by atoms with E-state index in [9.17, 15) is 4.79 Å². The molecule has 0 saturated heterocycles. The van der Waals surface area contributed by atoms with E-state index in [1.165, 1.54) is 0 Å². The van der Waals surface area contributed by atoms with E-state index in [0.717, 1.165) is 16.8 Å². The van der Waals surface area contributed by atoms with Gasteiger partial charge in [-0.1, -0.05) is 22.9 Å². The summed E-state index contributed by atoms with van der Waals surface area (Å²) in [4.78, 5) is 10.9. The zero-order valence-electron chi connectivity index (χ0n) is 10.6. The molecule has 2 aromatic rings. The van der Waals surface area contributed by atoms with Gasteiger partial charge in [0, 0.05) is 0 Å². The molecule has 0 amide bonds. The summed E-state index contributed by atoms with van der Waals surface area (Å²) < 4.78 is 1.61. The van der Waals surface area contributed by atoms with E-state index in [0.29, 0.717) is 11.4 Å². The van der Waals surface area contributed by atoms with Gasteiger partial charge < -0.3 is 5.11 Å². The highest BCUT2D eigenvalue weighted by Gasteiger charge is 2.15. The molecule has 94 valence electrons. The molecule has 1 aromatic heterocycles. The Morgan fingerprint density at radius 3 is 2.67 bits per heavy atom. The zero-order chi connectivity index (χ0) is 13.3. The number of aromatic nitrogens is 3. The number of benzene rings is 1. The maximum Gasteiger partial charge on any atom is 0.309 e. The Morgan fingerprint density at radius 2 is 2.06 bits per heavy atom. The Kier molecular flexibility index (Phi) is 3.14. The zero-order valence-corrected chi connectivity index (χ0v) is 10.6. The van der Waals surface area contributed by atoms with Crippen molar-refractivity contribution in [3.63, 3.8) is 0 Å². The van der Waals surface area contributed by atoms with Crippen LogP contribution < -0.4 is 0 Å². The van der Waals surface area contributed by atoms with Crippen molar-refractivity contribution < 1.29 is 9.90 Å². The Hall–Kier alpha value is -2.17. The number of aliphatic carboxylic acids is 1. The van der Waals surface area contributed by atoms with Crippen molar-refractivity contribution in [3.05, 3.63) is 40.7 Å². The summed E-state index contributed by atoms with van der Waals surface area (Å²) in [7, 11) is 0. The van der Waals surface area contributed by atoms with Crippen molar-refractivity contribution in [1.29, 1.82) is 0 Å². The topological polar surface area (TPSA) is 68.0 Å². The molecule has 0 fully saturated rings. The number of nitrogens with zero attached hydrogens (tertiary/aromatic N) is 3. The molecule has 0 aliphatic carbocycles. The minimum absolute atomic E-state index is 0.0772. The summed E-state index contributed by atoms with van der Waals surface area (Å²) in [5.41, 5.74) is 4.35. The predicted molar refractivity (Wildman–Crippen MR) is 66.9 cm³/mol. The Labute approximate surface area is 105 Å². The molecule has 0 bridgehead atoms. The highest BCUT2D eigenvalue weighted by atomic mass is 16.4. The Balaban J connectivity index is 2.53. The van der Waals surface area contributed by atoms with Gasteiger partial charge in [-0.25, -0.2) is 4.68 Å². The lowest BCUT2D eigenvalue weighted by Gasteiger charge is -2.09. The van der Waals surface area contributed by atoms with E-state index in [1.807, 2.05) is 32.0 Å². The highest BCUT2D eigenvalue weighted by molar-refractivity contribution is 5.70. The molecule has 0 unspecified atom stereocenters. The molecule has 0 aliphatic heterocycles.